The van der Waals surface area contributed by atoms with Crippen LogP contribution in [0.4, 0.5) is 0 Å². The Morgan fingerprint density at radius 2 is 2.22 bits per heavy atom. The lowest BCUT2D eigenvalue weighted by atomic mass is 9.88. The average Bonchev–Trinajstić information content (AvgIpc) is 2.73. The molecule has 0 aromatic carbocycles. The fourth-order valence-electron chi connectivity index (χ4n) is 1.14. The molecular weight excluding hydrogens is 246 g/mol. The van der Waals surface area contributed by atoms with Gasteiger partial charge in [0.1, 0.15) is 6.61 Å². The van der Waals surface area contributed by atoms with Gasteiger partial charge in [-0.05, 0) is 18.4 Å². The minimum absolute atomic E-state index is 0.0329. The number of hydrogen-bond donors (Lipinski definition) is 2. The van der Waals surface area contributed by atoms with Gasteiger partial charge in [0.05, 0.1) is 10.4 Å². The SMILES string of the molecule is CC(NC(=O)c1csc(C#CCO)c1)C(C)(C)C. The number of carbonyl (C=O) groups is 1. The normalized spacial score (nSPS) is 12.5. The fraction of sp³-hybridized carbons (Fsp3) is 0.500. The molecule has 1 unspecified atom stereocenters. The van der Waals surface area contributed by atoms with Crippen LogP contribution in [0, 0.1) is 17.3 Å². The summed E-state index contributed by atoms with van der Waals surface area (Å²) >= 11 is 1.41. The molecule has 0 spiro atoms. The summed E-state index contributed by atoms with van der Waals surface area (Å²) in [5, 5.41) is 13.4. The van der Waals surface area contributed by atoms with Crippen molar-refractivity contribution in [2.24, 2.45) is 5.41 Å². The maximum atomic E-state index is 12.0. The van der Waals surface area contributed by atoms with Crippen molar-refractivity contribution < 1.29 is 9.90 Å². The Hall–Kier alpha value is -1.31. The van der Waals surface area contributed by atoms with Crippen LogP contribution in [0.3, 0.4) is 0 Å². The molecule has 0 bridgehead atoms. The molecule has 0 aliphatic carbocycles. The summed E-state index contributed by atoms with van der Waals surface area (Å²) in [6.45, 7) is 8.09. The van der Waals surface area contributed by atoms with Crippen molar-refractivity contribution in [3.63, 3.8) is 0 Å². The summed E-state index contributed by atoms with van der Waals surface area (Å²) in [6, 6.07) is 1.84. The van der Waals surface area contributed by atoms with Gasteiger partial charge in [0.2, 0.25) is 0 Å². The van der Waals surface area contributed by atoms with Crippen molar-refractivity contribution >= 4 is 17.2 Å². The molecule has 1 amide bonds. The predicted molar refractivity (Wildman–Crippen MR) is 74.7 cm³/mol. The highest BCUT2D eigenvalue weighted by Gasteiger charge is 2.22. The molecule has 0 saturated carbocycles. The Morgan fingerprint density at radius 3 is 2.78 bits per heavy atom. The zero-order chi connectivity index (χ0) is 13.8. The number of aliphatic hydroxyl groups is 1. The van der Waals surface area contributed by atoms with Crippen LogP contribution in [0.2, 0.25) is 0 Å². The first kappa shape index (κ1) is 14.7. The molecule has 98 valence electrons. The molecule has 1 heterocycles. The molecule has 18 heavy (non-hydrogen) atoms. The Morgan fingerprint density at radius 1 is 1.56 bits per heavy atom. The van der Waals surface area contributed by atoms with Gasteiger partial charge < -0.3 is 10.4 Å². The van der Waals surface area contributed by atoms with Gasteiger partial charge in [-0.1, -0.05) is 32.6 Å². The lowest BCUT2D eigenvalue weighted by molar-refractivity contribution is 0.0910. The van der Waals surface area contributed by atoms with Crippen molar-refractivity contribution in [2.45, 2.75) is 33.7 Å². The van der Waals surface area contributed by atoms with E-state index in [4.69, 9.17) is 5.11 Å². The molecule has 0 saturated heterocycles. The molecule has 1 rings (SSSR count). The van der Waals surface area contributed by atoms with E-state index < -0.39 is 0 Å². The lowest BCUT2D eigenvalue weighted by Crippen LogP contribution is -2.41. The third-order valence-corrected chi connectivity index (χ3v) is 3.64. The molecule has 2 N–H and O–H groups in total. The van der Waals surface area contributed by atoms with Gasteiger partial charge in [0.25, 0.3) is 5.91 Å². The summed E-state index contributed by atoms with van der Waals surface area (Å²) in [6.07, 6.45) is 0. The maximum absolute atomic E-state index is 12.0. The van der Waals surface area contributed by atoms with E-state index in [9.17, 15) is 4.79 Å². The van der Waals surface area contributed by atoms with Gasteiger partial charge in [-0.3, -0.25) is 4.79 Å². The maximum Gasteiger partial charge on any atom is 0.252 e. The van der Waals surface area contributed by atoms with E-state index in [0.29, 0.717) is 5.56 Å². The minimum atomic E-state index is -0.166. The second-order valence-electron chi connectivity index (χ2n) is 5.22. The van der Waals surface area contributed by atoms with Crippen molar-refractivity contribution in [2.75, 3.05) is 6.61 Å². The van der Waals surface area contributed by atoms with Crippen LogP contribution in [0.25, 0.3) is 0 Å². The Labute approximate surface area is 112 Å². The second kappa shape index (κ2) is 6.03. The number of carbonyl (C=O) groups excluding carboxylic acids is 1. The highest BCUT2D eigenvalue weighted by molar-refractivity contribution is 7.10. The van der Waals surface area contributed by atoms with Crippen molar-refractivity contribution in [3.05, 3.63) is 21.9 Å². The van der Waals surface area contributed by atoms with E-state index >= 15 is 0 Å². The summed E-state index contributed by atoms with van der Waals surface area (Å²) in [5.41, 5.74) is 0.656. The second-order valence-corrected chi connectivity index (χ2v) is 6.13. The van der Waals surface area contributed by atoms with Crippen LogP contribution in [-0.4, -0.2) is 23.7 Å². The van der Waals surface area contributed by atoms with Gasteiger partial charge in [-0.25, -0.2) is 0 Å². The molecule has 0 aliphatic heterocycles. The molecule has 0 radical (unpaired) electrons. The largest absolute Gasteiger partial charge is 0.384 e. The lowest BCUT2D eigenvalue weighted by Gasteiger charge is -2.27. The molecule has 0 fully saturated rings. The van der Waals surface area contributed by atoms with E-state index in [2.05, 4.69) is 37.9 Å². The van der Waals surface area contributed by atoms with E-state index in [0.717, 1.165) is 4.88 Å². The summed E-state index contributed by atoms with van der Waals surface area (Å²) in [5.74, 6) is 5.28. The van der Waals surface area contributed by atoms with E-state index in [1.54, 1.807) is 11.4 Å². The Kier molecular flexibility index (Phi) is 4.94. The first-order valence-electron chi connectivity index (χ1n) is 5.83. The van der Waals surface area contributed by atoms with Crippen molar-refractivity contribution in [1.29, 1.82) is 0 Å². The van der Waals surface area contributed by atoms with Gasteiger partial charge in [0, 0.05) is 11.4 Å². The fourth-order valence-corrected chi connectivity index (χ4v) is 1.90. The smallest absolute Gasteiger partial charge is 0.252 e. The third kappa shape index (κ3) is 4.17. The monoisotopic (exact) mass is 265 g/mol. The van der Waals surface area contributed by atoms with Crippen LogP contribution in [-0.2, 0) is 0 Å². The first-order valence-corrected chi connectivity index (χ1v) is 6.71. The van der Waals surface area contributed by atoms with Gasteiger partial charge in [-0.15, -0.1) is 11.3 Å². The van der Waals surface area contributed by atoms with Crippen LogP contribution in [0.1, 0.15) is 42.9 Å². The standard InChI is InChI=1S/C14H19NO2S/c1-10(14(2,3)4)15-13(17)11-8-12(18-9-11)6-5-7-16/h8-10,16H,7H2,1-4H3,(H,15,17). The first-order chi connectivity index (χ1) is 8.34. The predicted octanol–water partition coefficient (Wildman–Crippen LogP) is 2.26. The van der Waals surface area contributed by atoms with Gasteiger partial charge in [0.15, 0.2) is 0 Å². The minimum Gasteiger partial charge on any atom is -0.384 e. The van der Waals surface area contributed by atoms with Crippen LogP contribution >= 0.6 is 11.3 Å². The summed E-state index contributed by atoms with van der Waals surface area (Å²) in [7, 11) is 0. The summed E-state index contributed by atoms with van der Waals surface area (Å²) < 4.78 is 0. The highest BCUT2D eigenvalue weighted by atomic mass is 32.1. The Balaban J connectivity index is 2.71. The third-order valence-electron chi connectivity index (χ3n) is 2.80. The van der Waals surface area contributed by atoms with Gasteiger partial charge in [-0.2, -0.15) is 0 Å². The molecule has 1 atom stereocenters. The van der Waals surface area contributed by atoms with Crippen LogP contribution in [0.5, 0.6) is 0 Å². The summed E-state index contributed by atoms with van der Waals surface area (Å²) in [4.78, 5) is 12.8. The highest BCUT2D eigenvalue weighted by Crippen LogP contribution is 2.20. The number of amides is 1. The topological polar surface area (TPSA) is 49.3 Å². The molecule has 4 heteroatoms. The number of nitrogens with one attached hydrogen (secondary N) is 1. The molecular formula is C14H19NO2S. The Bertz CT molecular complexity index is 474. The van der Waals surface area contributed by atoms with Gasteiger partial charge >= 0.3 is 0 Å². The van der Waals surface area contributed by atoms with Crippen molar-refractivity contribution in [3.8, 4) is 11.8 Å². The zero-order valence-corrected chi connectivity index (χ0v) is 12.0. The number of thiophene rings is 1. The average molecular weight is 265 g/mol. The molecule has 1 aromatic rings. The molecule has 3 nitrogen and oxygen atoms in total. The van der Waals surface area contributed by atoms with E-state index in [-0.39, 0.29) is 24.0 Å². The number of hydrogen-bond acceptors (Lipinski definition) is 3. The van der Waals surface area contributed by atoms with Crippen LogP contribution < -0.4 is 5.32 Å². The van der Waals surface area contributed by atoms with Crippen LogP contribution in [0.15, 0.2) is 11.4 Å². The quantitative estimate of drug-likeness (QED) is 0.806. The number of aliphatic hydroxyl groups excluding tert-OH is 1. The van der Waals surface area contributed by atoms with Crippen molar-refractivity contribution in [1.82, 2.24) is 5.32 Å². The molecule has 1 aromatic heterocycles. The zero-order valence-electron chi connectivity index (χ0n) is 11.2. The number of rotatable bonds is 2. The van der Waals surface area contributed by atoms with E-state index in [1.807, 2.05) is 6.92 Å². The van der Waals surface area contributed by atoms with E-state index in [1.165, 1.54) is 11.3 Å². The molecule has 0 aliphatic rings.